The number of hydrogen-bond acceptors (Lipinski definition) is 3. The van der Waals surface area contributed by atoms with Gasteiger partial charge in [0.15, 0.2) is 0 Å². The van der Waals surface area contributed by atoms with E-state index in [-0.39, 0.29) is 0 Å². The van der Waals surface area contributed by atoms with Gasteiger partial charge in [-0.1, -0.05) is 20.8 Å². The van der Waals surface area contributed by atoms with Crippen LogP contribution in [-0.4, -0.2) is 50.3 Å². The molecule has 0 aromatic carbocycles. The lowest BCUT2D eigenvalue weighted by molar-refractivity contribution is 0.0281. The first-order chi connectivity index (χ1) is 10.1. The van der Waals surface area contributed by atoms with Gasteiger partial charge in [0.05, 0.1) is 0 Å². The molecule has 2 aliphatic rings. The van der Waals surface area contributed by atoms with Crippen LogP contribution in [0.3, 0.4) is 0 Å². The molecule has 1 saturated carbocycles. The summed E-state index contributed by atoms with van der Waals surface area (Å²) in [6.45, 7) is 11.5. The van der Waals surface area contributed by atoms with Crippen molar-refractivity contribution in [3.8, 4) is 0 Å². The topological polar surface area (TPSA) is 24.5 Å². The summed E-state index contributed by atoms with van der Waals surface area (Å²) in [6, 6.07) is 1.38. The third-order valence-corrected chi connectivity index (χ3v) is 5.48. The van der Waals surface area contributed by atoms with Crippen LogP contribution in [-0.2, 0) is 4.74 Å². The quantitative estimate of drug-likeness (QED) is 0.815. The van der Waals surface area contributed by atoms with E-state index < -0.39 is 0 Å². The molecule has 0 bridgehead atoms. The second kappa shape index (κ2) is 8.50. The van der Waals surface area contributed by atoms with Gasteiger partial charge in [-0.2, -0.15) is 0 Å². The van der Waals surface area contributed by atoms with E-state index in [9.17, 15) is 0 Å². The van der Waals surface area contributed by atoms with E-state index in [0.29, 0.717) is 12.1 Å². The Morgan fingerprint density at radius 3 is 2.52 bits per heavy atom. The first kappa shape index (κ1) is 17.2. The highest BCUT2D eigenvalue weighted by Crippen LogP contribution is 2.32. The lowest BCUT2D eigenvalue weighted by atomic mass is 9.75. The SMILES string of the molecule is CCCNC1CC(C)CC(C)C1N(C)CC1CCOCC1. The zero-order chi connectivity index (χ0) is 15.2. The van der Waals surface area contributed by atoms with Gasteiger partial charge in [-0.05, 0) is 63.5 Å². The highest BCUT2D eigenvalue weighted by atomic mass is 16.5. The van der Waals surface area contributed by atoms with E-state index in [1.54, 1.807) is 0 Å². The minimum Gasteiger partial charge on any atom is -0.381 e. The molecule has 1 aliphatic heterocycles. The maximum absolute atomic E-state index is 5.51. The van der Waals surface area contributed by atoms with E-state index >= 15 is 0 Å². The van der Waals surface area contributed by atoms with E-state index in [1.165, 1.54) is 38.6 Å². The number of likely N-dealkylation sites (N-methyl/N-ethyl adjacent to an activating group) is 1. The molecule has 1 heterocycles. The largest absolute Gasteiger partial charge is 0.381 e. The Bertz CT molecular complexity index is 291. The zero-order valence-corrected chi connectivity index (χ0v) is 14.6. The van der Waals surface area contributed by atoms with Crippen LogP contribution >= 0.6 is 0 Å². The van der Waals surface area contributed by atoms with Crippen LogP contribution in [0.25, 0.3) is 0 Å². The van der Waals surface area contributed by atoms with Crippen molar-refractivity contribution in [1.82, 2.24) is 10.2 Å². The molecule has 124 valence electrons. The number of ether oxygens (including phenoxy) is 1. The Labute approximate surface area is 131 Å². The maximum Gasteiger partial charge on any atom is 0.0469 e. The van der Waals surface area contributed by atoms with Crippen molar-refractivity contribution in [2.75, 3.05) is 33.4 Å². The average molecular weight is 296 g/mol. The second-order valence-corrected chi connectivity index (χ2v) is 7.60. The van der Waals surface area contributed by atoms with Crippen LogP contribution in [0.15, 0.2) is 0 Å². The molecule has 0 amide bonds. The third-order valence-electron chi connectivity index (χ3n) is 5.48. The van der Waals surface area contributed by atoms with Crippen LogP contribution in [0.2, 0.25) is 0 Å². The summed E-state index contributed by atoms with van der Waals surface area (Å²) in [7, 11) is 2.35. The number of nitrogens with zero attached hydrogens (tertiary/aromatic N) is 1. The predicted octanol–water partition coefficient (Wildman–Crippen LogP) is 3.15. The van der Waals surface area contributed by atoms with E-state index in [1.807, 2.05) is 0 Å². The Balaban J connectivity index is 1.94. The van der Waals surface area contributed by atoms with Crippen LogP contribution in [0.4, 0.5) is 0 Å². The number of rotatable bonds is 6. The normalized spacial score (nSPS) is 35.3. The summed E-state index contributed by atoms with van der Waals surface area (Å²) in [5, 5.41) is 3.83. The molecule has 1 aliphatic carbocycles. The molecule has 21 heavy (non-hydrogen) atoms. The van der Waals surface area contributed by atoms with Crippen LogP contribution in [0.5, 0.6) is 0 Å². The van der Waals surface area contributed by atoms with E-state index in [0.717, 1.165) is 37.5 Å². The molecule has 3 heteroatoms. The van der Waals surface area contributed by atoms with Gasteiger partial charge in [0.25, 0.3) is 0 Å². The lowest BCUT2D eigenvalue weighted by Gasteiger charge is -2.46. The van der Waals surface area contributed by atoms with Crippen molar-refractivity contribution in [3.63, 3.8) is 0 Å². The number of hydrogen-bond donors (Lipinski definition) is 1. The van der Waals surface area contributed by atoms with E-state index in [4.69, 9.17) is 4.74 Å². The minimum atomic E-state index is 0.675. The van der Waals surface area contributed by atoms with Gasteiger partial charge in [-0.3, -0.25) is 0 Å². The summed E-state index contributed by atoms with van der Waals surface area (Å²) in [5.74, 6) is 2.50. The predicted molar refractivity (Wildman–Crippen MR) is 89.6 cm³/mol. The van der Waals surface area contributed by atoms with Crippen molar-refractivity contribution in [2.45, 2.75) is 65.0 Å². The average Bonchev–Trinajstić information content (AvgIpc) is 2.45. The molecule has 3 nitrogen and oxygen atoms in total. The molecule has 1 N–H and O–H groups in total. The fraction of sp³-hybridized carbons (Fsp3) is 1.00. The van der Waals surface area contributed by atoms with Crippen LogP contribution < -0.4 is 5.32 Å². The minimum absolute atomic E-state index is 0.675. The molecule has 2 rings (SSSR count). The van der Waals surface area contributed by atoms with Crippen molar-refractivity contribution in [1.29, 1.82) is 0 Å². The van der Waals surface area contributed by atoms with Gasteiger partial charge in [0.2, 0.25) is 0 Å². The highest BCUT2D eigenvalue weighted by Gasteiger charge is 2.36. The van der Waals surface area contributed by atoms with Crippen molar-refractivity contribution >= 4 is 0 Å². The molecule has 0 radical (unpaired) electrons. The smallest absolute Gasteiger partial charge is 0.0469 e. The Morgan fingerprint density at radius 2 is 1.86 bits per heavy atom. The molecule has 4 atom stereocenters. The van der Waals surface area contributed by atoms with Gasteiger partial charge in [-0.25, -0.2) is 0 Å². The molecule has 0 spiro atoms. The maximum atomic E-state index is 5.51. The van der Waals surface area contributed by atoms with Crippen LogP contribution in [0.1, 0.15) is 52.9 Å². The van der Waals surface area contributed by atoms with Gasteiger partial charge < -0.3 is 15.0 Å². The summed E-state index contributed by atoms with van der Waals surface area (Å²) in [5.41, 5.74) is 0. The Kier molecular flexibility index (Phi) is 6.97. The molecule has 0 aromatic rings. The summed E-state index contributed by atoms with van der Waals surface area (Å²) in [6.07, 6.45) is 6.44. The fourth-order valence-corrected chi connectivity index (χ4v) is 4.57. The monoisotopic (exact) mass is 296 g/mol. The summed E-state index contributed by atoms with van der Waals surface area (Å²) < 4.78 is 5.51. The first-order valence-electron chi connectivity index (χ1n) is 9.13. The molecule has 2 fully saturated rings. The van der Waals surface area contributed by atoms with Crippen LogP contribution in [0, 0.1) is 17.8 Å². The Hall–Kier alpha value is -0.120. The standard InChI is InChI=1S/C18H36N2O/c1-5-8-19-17-12-14(2)11-15(3)18(17)20(4)13-16-6-9-21-10-7-16/h14-19H,5-13H2,1-4H3. The first-order valence-corrected chi connectivity index (χ1v) is 9.13. The molecule has 0 aromatic heterocycles. The molecule has 1 saturated heterocycles. The third kappa shape index (κ3) is 4.94. The zero-order valence-electron chi connectivity index (χ0n) is 14.6. The number of nitrogens with one attached hydrogen (secondary N) is 1. The summed E-state index contributed by atoms with van der Waals surface area (Å²) >= 11 is 0. The molecule has 4 unspecified atom stereocenters. The second-order valence-electron chi connectivity index (χ2n) is 7.60. The van der Waals surface area contributed by atoms with Crippen molar-refractivity contribution < 1.29 is 4.74 Å². The highest BCUT2D eigenvalue weighted by molar-refractivity contribution is 4.93. The van der Waals surface area contributed by atoms with Gasteiger partial charge in [0, 0.05) is 31.8 Å². The van der Waals surface area contributed by atoms with Crippen molar-refractivity contribution in [3.05, 3.63) is 0 Å². The lowest BCUT2D eigenvalue weighted by Crippen LogP contribution is -2.56. The summed E-state index contributed by atoms with van der Waals surface area (Å²) in [4.78, 5) is 2.67. The molecular weight excluding hydrogens is 260 g/mol. The van der Waals surface area contributed by atoms with Crippen molar-refractivity contribution in [2.24, 2.45) is 17.8 Å². The van der Waals surface area contributed by atoms with Gasteiger partial charge in [-0.15, -0.1) is 0 Å². The van der Waals surface area contributed by atoms with Gasteiger partial charge in [0.1, 0.15) is 0 Å². The van der Waals surface area contributed by atoms with Gasteiger partial charge >= 0.3 is 0 Å². The van der Waals surface area contributed by atoms with E-state index in [2.05, 4.69) is 38.0 Å². The Morgan fingerprint density at radius 1 is 1.14 bits per heavy atom. The molecular formula is C18H36N2O. The fourth-order valence-electron chi connectivity index (χ4n) is 4.57.